The van der Waals surface area contributed by atoms with E-state index in [4.69, 9.17) is 4.42 Å². The minimum Gasteiger partial charge on any atom is -0.467 e. The Morgan fingerprint density at radius 2 is 2.47 bits per heavy atom. The smallest absolute Gasteiger partial charge is 0.131 e. The van der Waals surface area contributed by atoms with Crippen LogP contribution in [0.2, 0.25) is 0 Å². The van der Waals surface area contributed by atoms with Gasteiger partial charge in [-0.05, 0) is 40.8 Å². The number of nitrogens with one attached hydrogen (secondary N) is 1. The van der Waals surface area contributed by atoms with Crippen molar-refractivity contribution in [1.29, 1.82) is 0 Å². The highest BCUT2D eigenvalue weighted by atomic mass is 79.9. The molecule has 2 rings (SSSR count). The Labute approximate surface area is 111 Å². The third kappa shape index (κ3) is 3.12. The van der Waals surface area contributed by atoms with Gasteiger partial charge in [-0.3, -0.25) is 0 Å². The second-order valence-corrected chi connectivity index (χ2v) is 6.04. The highest BCUT2D eigenvalue weighted by molar-refractivity contribution is 9.10. The molecule has 0 amide bonds. The number of hydrogen-bond acceptors (Lipinski definition) is 3. The molecule has 1 aromatic rings. The van der Waals surface area contributed by atoms with Crippen LogP contribution in [0, 0.1) is 5.92 Å². The lowest BCUT2D eigenvalue weighted by Crippen LogP contribution is -2.51. The summed E-state index contributed by atoms with van der Waals surface area (Å²) in [5.74, 6) is 1.58. The molecule has 1 aliphatic rings. The van der Waals surface area contributed by atoms with Gasteiger partial charge in [0.05, 0.1) is 23.9 Å². The number of hydrogen-bond donors (Lipinski definition) is 2. The Hall–Kier alpha value is -0.320. The zero-order valence-electron chi connectivity index (χ0n) is 10.2. The van der Waals surface area contributed by atoms with E-state index < -0.39 is 0 Å². The predicted octanol–water partition coefficient (Wildman–Crippen LogP) is 3.07. The molecule has 1 heterocycles. The number of aliphatic hydroxyl groups excluding tert-OH is 1. The first kappa shape index (κ1) is 13.1. The summed E-state index contributed by atoms with van der Waals surface area (Å²) in [6.45, 7) is 3.13. The summed E-state index contributed by atoms with van der Waals surface area (Å²) in [5, 5.41) is 13.1. The molecule has 3 nitrogen and oxygen atoms in total. The van der Waals surface area contributed by atoms with Crippen LogP contribution in [0.3, 0.4) is 0 Å². The fraction of sp³-hybridized carbons (Fsp3) is 0.692. The van der Waals surface area contributed by atoms with Gasteiger partial charge < -0.3 is 14.8 Å². The van der Waals surface area contributed by atoms with E-state index in [1.165, 1.54) is 12.8 Å². The van der Waals surface area contributed by atoms with Crippen molar-refractivity contribution in [3.8, 4) is 0 Å². The number of rotatable bonds is 4. The van der Waals surface area contributed by atoms with Crippen molar-refractivity contribution in [3.05, 3.63) is 22.6 Å². The molecule has 4 heteroatoms. The van der Waals surface area contributed by atoms with E-state index in [0.29, 0.717) is 12.5 Å². The summed E-state index contributed by atoms with van der Waals surface area (Å²) in [7, 11) is 0. The molecule has 0 saturated heterocycles. The Balaban J connectivity index is 1.97. The van der Waals surface area contributed by atoms with Crippen LogP contribution in [0.4, 0.5) is 0 Å². The zero-order chi connectivity index (χ0) is 12.3. The van der Waals surface area contributed by atoms with Crippen molar-refractivity contribution in [3.63, 3.8) is 0 Å². The van der Waals surface area contributed by atoms with Crippen molar-refractivity contribution in [2.75, 3.05) is 6.61 Å². The summed E-state index contributed by atoms with van der Waals surface area (Å²) in [5.41, 5.74) is -0.121. The standard InChI is InChI=1S/C13H20BrNO2/c1-10-3-2-5-13(7-10,9-16)15-8-12-11(14)4-6-17-12/h4,6,10,15-16H,2-3,5,7-9H2,1H3. The van der Waals surface area contributed by atoms with Gasteiger partial charge in [0.1, 0.15) is 5.76 Å². The van der Waals surface area contributed by atoms with Crippen molar-refractivity contribution < 1.29 is 9.52 Å². The van der Waals surface area contributed by atoms with Crippen LogP contribution < -0.4 is 5.32 Å². The van der Waals surface area contributed by atoms with Crippen molar-refractivity contribution in [1.82, 2.24) is 5.32 Å². The normalized spacial score (nSPS) is 29.5. The average Bonchev–Trinajstić information content (AvgIpc) is 2.72. The predicted molar refractivity (Wildman–Crippen MR) is 70.7 cm³/mol. The maximum absolute atomic E-state index is 9.65. The van der Waals surface area contributed by atoms with Crippen molar-refractivity contribution in [2.24, 2.45) is 5.92 Å². The molecular formula is C13H20BrNO2. The summed E-state index contributed by atoms with van der Waals surface area (Å²) >= 11 is 3.45. The van der Waals surface area contributed by atoms with Gasteiger partial charge in [0, 0.05) is 5.54 Å². The first-order valence-corrected chi connectivity index (χ1v) is 7.02. The molecule has 0 aliphatic heterocycles. The maximum Gasteiger partial charge on any atom is 0.131 e. The summed E-state index contributed by atoms with van der Waals surface area (Å²) < 4.78 is 6.37. The quantitative estimate of drug-likeness (QED) is 0.898. The molecule has 1 saturated carbocycles. The van der Waals surface area contributed by atoms with E-state index in [-0.39, 0.29) is 12.1 Å². The van der Waals surface area contributed by atoms with E-state index in [0.717, 1.165) is 23.1 Å². The first-order chi connectivity index (χ1) is 8.15. The van der Waals surface area contributed by atoms with Crippen molar-refractivity contribution >= 4 is 15.9 Å². The van der Waals surface area contributed by atoms with Crippen LogP contribution in [0.1, 0.15) is 38.4 Å². The lowest BCUT2D eigenvalue weighted by Gasteiger charge is -2.39. The minimum atomic E-state index is -0.121. The highest BCUT2D eigenvalue weighted by Crippen LogP contribution is 2.32. The molecule has 2 atom stereocenters. The Bertz CT molecular complexity index is 366. The van der Waals surface area contributed by atoms with Gasteiger partial charge in [-0.25, -0.2) is 0 Å². The third-order valence-electron chi connectivity index (χ3n) is 3.71. The zero-order valence-corrected chi connectivity index (χ0v) is 11.8. The van der Waals surface area contributed by atoms with Gasteiger partial charge in [0.25, 0.3) is 0 Å². The van der Waals surface area contributed by atoms with Gasteiger partial charge in [0.2, 0.25) is 0 Å². The maximum atomic E-state index is 9.65. The number of aliphatic hydroxyl groups is 1. The molecule has 0 aromatic carbocycles. The fourth-order valence-corrected chi connectivity index (χ4v) is 3.08. The third-order valence-corrected chi connectivity index (χ3v) is 4.42. The van der Waals surface area contributed by atoms with E-state index in [9.17, 15) is 5.11 Å². The van der Waals surface area contributed by atoms with Gasteiger partial charge in [-0.1, -0.05) is 19.8 Å². The summed E-state index contributed by atoms with van der Waals surface area (Å²) in [4.78, 5) is 0. The first-order valence-electron chi connectivity index (χ1n) is 6.23. The summed E-state index contributed by atoms with van der Waals surface area (Å²) in [6, 6.07) is 1.89. The second-order valence-electron chi connectivity index (χ2n) is 5.19. The van der Waals surface area contributed by atoms with Gasteiger partial charge in [-0.15, -0.1) is 0 Å². The molecule has 1 aliphatic carbocycles. The van der Waals surface area contributed by atoms with Crippen LogP contribution in [-0.2, 0) is 6.54 Å². The van der Waals surface area contributed by atoms with E-state index in [1.54, 1.807) is 6.26 Å². The molecule has 0 bridgehead atoms. The molecule has 2 N–H and O–H groups in total. The van der Waals surface area contributed by atoms with E-state index in [1.807, 2.05) is 6.07 Å². The number of furan rings is 1. The van der Waals surface area contributed by atoms with E-state index in [2.05, 4.69) is 28.2 Å². The molecule has 0 spiro atoms. The fourth-order valence-electron chi connectivity index (χ4n) is 2.74. The van der Waals surface area contributed by atoms with Crippen LogP contribution >= 0.6 is 15.9 Å². The summed E-state index contributed by atoms with van der Waals surface area (Å²) in [6.07, 6.45) is 6.23. The van der Waals surface area contributed by atoms with Crippen LogP contribution in [0.15, 0.2) is 21.2 Å². The molecule has 17 heavy (non-hydrogen) atoms. The molecule has 96 valence electrons. The van der Waals surface area contributed by atoms with Gasteiger partial charge in [-0.2, -0.15) is 0 Å². The van der Waals surface area contributed by atoms with Gasteiger partial charge in [0.15, 0.2) is 0 Å². The monoisotopic (exact) mass is 301 g/mol. The molecule has 1 aromatic heterocycles. The highest BCUT2D eigenvalue weighted by Gasteiger charge is 2.34. The van der Waals surface area contributed by atoms with Crippen LogP contribution in [0.5, 0.6) is 0 Å². The average molecular weight is 302 g/mol. The molecule has 2 unspecified atom stereocenters. The Kier molecular flexibility index (Phi) is 4.28. The number of halogens is 1. The lowest BCUT2D eigenvalue weighted by molar-refractivity contribution is 0.0963. The largest absolute Gasteiger partial charge is 0.467 e. The van der Waals surface area contributed by atoms with Crippen LogP contribution in [0.25, 0.3) is 0 Å². The Morgan fingerprint density at radius 3 is 3.06 bits per heavy atom. The second kappa shape index (κ2) is 5.55. The lowest BCUT2D eigenvalue weighted by atomic mass is 9.77. The molecule has 0 radical (unpaired) electrons. The van der Waals surface area contributed by atoms with Gasteiger partial charge >= 0.3 is 0 Å². The topological polar surface area (TPSA) is 45.4 Å². The minimum absolute atomic E-state index is 0.121. The van der Waals surface area contributed by atoms with Crippen molar-refractivity contribution in [2.45, 2.75) is 44.7 Å². The molecule has 1 fully saturated rings. The van der Waals surface area contributed by atoms with Crippen LogP contribution in [-0.4, -0.2) is 17.3 Å². The van der Waals surface area contributed by atoms with E-state index >= 15 is 0 Å². The SMILES string of the molecule is CC1CCCC(CO)(NCc2occc2Br)C1. The molecular weight excluding hydrogens is 282 g/mol. The Morgan fingerprint density at radius 1 is 1.65 bits per heavy atom.